The monoisotopic (exact) mass is 286 g/mol. The highest BCUT2D eigenvalue weighted by molar-refractivity contribution is 7.09. The fourth-order valence-corrected chi connectivity index (χ4v) is 3.55. The predicted molar refractivity (Wildman–Crippen MR) is 86.2 cm³/mol. The molecule has 1 saturated carbocycles. The number of nitrogens with zero attached hydrogens (tertiary/aromatic N) is 1. The highest BCUT2D eigenvalue weighted by Gasteiger charge is 2.20. The van der Waals surface area contributed by atoms with Crippen molar-refractivity contribution in [3.8, 4) is 11.3 Å². The molecular formula is C17H22N2S. The second-order valence-electron chi connectivity index (χ2n) is 5.97. The fourth-order valence-electron chi connectivity index (χ4n) is 2.80. The van der Waals surface area contributed by atoms with E-state index in [2.05, 4.69) is 43.6 Å². The van der Waals surface area contributed by atoms with E-state index in [0.717, 1.165) is 24.7 Å². The van der Waals surface area contributed by atoms with E-state index in [1.54, 1.807) is 11.3 Å². The first-order valence-electron chi connectivity index (χ1n) is 7.37. The highest BCUT2D eigenvalue weighted by atomic mass is 32.1. The molecule has 1 aromatic carbocycles. The Hall–Kier alpha value is -1.19. The Labute approximate surface area is 125 Å². The molecule has 1 aromatic heterocycles. The summed E-state index contributed by atoms with van der Waals surface area (Å²) in [6.45, 7) is 8.57. The smallest absolute Gasteiger partial charge is 0.107 e. The molecule has 0 saturated heterocycles. The van der Waals surface area contributed by atoms with Gasteiger partial charge in [0.1, 0.15) is 5.01 Å². The van der Waals surface area contributed by atoms with Gasteiger partial charge >= 0.3 is 0 Å². The Kier molecular flexibility index (Phi) is 3.90. The third-order valence-corrected chi connectivity index (χ3v) is 4.74. The minimum atomic E-state index is 0.908. The molecule has 2 aromatic rings. The maximum Gasteiger partial charge on any atom is 0.107 e. The normalized spacial score (nSPS) is 14.8. The minimum Gasteiger partial charge on any atom is -0.310 e. The first-order valence-corrected chi connectivity index (χ1v) is 8.25. The quantitative estimate of drug-likeness (QED) is 0.889. The van der Waals surface area contributed by atoms with E-state index < -0.39 is 0 Å². The lowest BCUT2D eigenvalue weighted by Crippen LogP contribution is -2.15. The lowest BCUT2D eigenvalue weighted by atomic mass is 9.98. The Morgan fingerprint density at radius 2 is 1.90 bits per heavy atom. The SMILES string of the molecule is Cc1cc(C)c(-c2csc(CNCC3CC3)n2)c(C)c1. The van der Waals surface area contributed by atoms with E-state index in [0.29, 0.717) is 0 Å². The molecule has 106 valence electrons. The number of rotatable bonds is 5. The van der Waals surface area contributed by atoms with Crippen LogP contribution >= 0.6 is 11.3 Å². The third-order valence-electron chi connectivity index (χ3n) is 3.89. The average molecular weight is 286 g/mol. The summed E-state index contributed by atoms with van der Waals surface area (Å²) in [4.78, 5) is 4.81. The summed E-state index contributed by atoms with van der Waals surface area (Å²) >= 11 is 1.76. The molecular weight excluding hydrogens is 264 g/mol. The maximum atomic E-state index is 4.81. The van der Waals surface area contributed by atoms with E-state index >= 15 is 0 Å². The van der Waals surface area contributed by atoms with Crippen molar-refractivity contribution in [2.24, 2.45) is 5.92 Å². The largest absolute Gasteiger partial charge is 0.310 e. The Balaban J connectivity index is 1.75. The minimum absolute atomic E-state index is 0.908. The first-order chi connectivity index (χ1) is 9.63. The van der Waals surface area contributed by atoms with Crippen LogP contribution in [0.4, 0.5) is 0 Å². The molecule has 2 nitrogen and oxygen atoms in total. The van der Waals surface area contributed by atoms with E-state index in [4.69, 9.17) is 4.98 Å². The van der Waals surface area contributed by atoms with Gasteiger partial charge in [-0.25, -0.2) is 4.98 Å². The summed E-state index contributed by atoms with van der Waals surface area (Å²) in [5, 5.41) is 6.90. The van der Waals surface area contributed by atoms with Crippen molar-refractivity contribution in [2.45, 2.75) is 40.2 Å². The van der Waals surface area contributed by atoms with Crippen LogP contribution < -0.4 is 5.32 Å². The summed E-state index contributed by atoms with van der Waals surface area (Å²) in [5.41, 5.74) is 6.41. The van der Waals surface area contributed by atoms with Crippen molar-refractivity contribution in [3.05, 3.63) is 39.2 Å². The van der Waals surface area contributed by atoms with E-state index in [-0.39, 0.29) is 0 Å². The fraction of sp³-hybridized carbons (Fsp3) is 0.471. The molecule has 1 heterocycles. The lowest BCUT2D eigenvalue weighted by molar-refractivity contribution is 0.637. The van der Waals surface area contributed by atoms with Gasteiger partial charge in [-0.2, -0.15) is 0 Å². The van der Waals surface area contributed by atoms with Gasteiger partial charge in [0.05, 0.1) is 5.69 Å². The zero-order valence-electron chi connectivity index (χ0n) is 12.5. The van der Waals surface area contributed by atoms with Crippen LogP contribution in [0.15, 0.2) is 17.5 Å². The standard InChI is InChI=1S/C17H22N2S/c1-11-6-12(2)17(13(3)7-11)15-10-20-16(19-15)9-18-8-14-4-5-14/h6-7,10,14,18H,4-5,8-9H2,1-3H3. The number of aromatic nitrogens is 1. The van der Waals surface area contributed by atoms with Gasteiger partial charge in [-0.3, -0.25) is 0 Å². The van der Waals surface area contributed by atoms with Crippen molar-refractivity contribution in [3.63, 3.8) is 0 Å². The molecule has 0 amide bonds. The highest BCUT2D eigenvalue weighted by Crippen LogP contribution is 2.30. The van der Waals surface area contributed by atoms with Crippen LogP contribution in [0.5, 0.6) is 0 Å². The van der Waals surface area contributed by atoms with Gasteiger partial charge < -0.3 is 5.32 Å². The molecule has 1 fully saturated rings. The number of nitrogens with one attached hydrogen (secondary N) is 1. The number of benzene rings is 1. The second kappa shape index (κ2) is 5.66. The van der Waals surface area contributed by atoms with Gasteiger partial charge in [0.15, 0.2) is 0 Å². The zero-order chi connectivity index (χ0) is 14.1. The summed E-state index contributed by atoms with van der Waals surface area (Å²) in [6, 6.07) is 4.49. The van der Waals surface area contributed by atoms with Crippen LogP contribution in [0, 0.1) is 26.7 Å². The summed E-state index contributed by atoms with van der Waals surface area (Å²) in [5.74, 6) is 0.927. The average Bonchev–Trinajstić information content (AvgIpc) is 3.07. The van der Waals surface area contributed by atoms with E-state index in [1.165, 1.54) is 40.1 Å². The number of hydrogen-bond acceptors (Lipinski definition) is 3. The lowest BCUT2D eigenvalue weighted by Gasteiger charge is -2.08. The van der Waals surface area contributed by atoms with Gasteiger partial charge in [0.25, 0.3) is 0 Å². The molecule has 0 radical (unpaired) electrons. The molecule has 20 heavy (non-hydrogen) atoms. The third kappa shape index (κ3) is 3.10. The van der Waals surface area contributed by atoms with Crippen molar-refractivity contribution >= 4 is 11.3 Å². The topological polar surface area (TPSA) is 24.9 Å². The maximum absolute atomic E-state index is 4.81. The van der Waals surface area contributed by atoms with Crippen LogP contribution in [-0.4, -0.2) is 11.5 Å². The molecule has 0 spiro atoms. The number of hydrogen-bond donors (Lipinski definition) is 1. The van der Waals surface area contributed by atoms with Crippen molar-refractivity contribution in [1.29, 1.82) is 0 Å². The Morgan fingerprint density at radius 1 is 1.20 bits per heavy atom. The molecule has 0 bridgehead atoms. The molecule has 1 N–H and O–H groups in total. The van der Waals surface area contributed by atoms with E-state index in [1.807, 2.05) is 0 Å². The van der Waals surface area contributed by atoms with Crippen LogP contribution in [0.2, 0.25) is 0 Å². The molecule has 1 aliphatic rings. The Morgan fingerprint density at radius 3 is 2.55 bits per heavy atom. The predicted octanol–water partition coefficient (Wildman–Crippen LogP) is 4.23. The number of aryl methyl sites for hydroxylation is 3. The van der Waals surface area contributed by atoms with Gasteiger partial charge in [-0.05, 0) is 57.2 Å². The molecule has 3 rings (SSSR count). The molecule has 0 atom stereocenters. The van der Waals surface area contributed by atoms with Crippen molar-refractivity contribution < 1.29 is 0 Å². The van der Waals surface area contributed by atoms with Gasteiger partial charge in [0, 0.05) is 17.5 Å². The van der Waals surface area contributed by atoms with E-state index in [9.17, 15) is 0 Å². The van der Waals surface area contributed by atoms with Gasteiger partial charge in [-0.15, -0.1) is 11.3 Å². The zero-order valence-corrected chi connectivity index (χ0v) is 13.3. The molecule has 0 unspecified atom stereocenters. The first kappa shape index (κ1) is 13.8. The molecule has 0 aliphatic heterocycles. The van der Waals surface area contributed by atoms with Gasteiger partial charge in [0.2, 0.25) is 0 Å². The van der Waals surface area contributed by atoms with Crippen LogP contribution in [-0.2, 0) is 6.54 Å². The Bertz CT molecular complexity index is 588. The van der Waals surface area contributed by atoms with Crippen molar-refractivity contribution in [2.75, 3.05) is 6.54 Å². The molecule has 3 heteroatoms. The summed E-state index contributed by atoms with van der Waals surface area (Å²) in [6.07, 6.45) is 2.80. The molecule has 1 aliphatic carbocycles. The number of thiazole rings is 1. The van der Waals surface area contributed by atoms with Crippen molar-refractivity contribution in [1.82, 2.24) is 10.3 Å². The van der Waals surface area contributed by atoms with Crippen LogP contribution in [0.25, 0.3) is 11.3 Å². The second-order valence-corrected chi connectivity index (χ2v) is 6.92. The summed E-state index contributed by atoms with van der Waals surface area (Å²) in [7, 11) is 0. The van der Waals surface area contributed by atoms with Gasteiger partial charge in [-0.1, -0.05) is 17.7 Å². The summed E-state index contributed by atoms with van der Waals surface area (Å²) < 4.78 is 0. The van der Waals surface area contributed by atoms with Crippen LogP contribution in [0.1, 0.15) is 34.5 Å². The van der Waals surface area contributed by atoms with Crippen LogP contribution in [0.3, 0.4) is 0 Å².